The minimum Gasteiger partial charge on any atom is -0.309 e. The van der Waals surface area contributed by atoms with Crippen molar-refractivity contribution in [2.75, 3.05) is 13.1 Å². The summed E-state index contributed by atoms with van der Waals surface area (Å²) in [6, 6.07) is 22.4. The van der Waals surface area contributed by atoms with Crippen LogP contribution in [0.25, 0.3) is 22.2 Å². The Morgan fingerprint density at radius 2 is 1.60 bits per heavy atom. The first-order chi connectivity index (χ1) is 13.9. The van der Waals surface area contributed by atoms with Gasteiger partial charge in [-0.25, -0.2) is 4.98 Å². The summed E-state index contributed by atoms with van der Waals surface area (Å²) in [5, 5.41) is 5.05. The molecule has 0 aliphatic carbocycles. The monoisotopic (exact) mass is 423 g/mol. The highest BCUT2D eigenvalue weighted by Crippen LogP contribution is 2.32. The first-order valence-electron chi connectivity index (χ1n) is 10.9. The Labute approximate surface area is 187 Å². The summed E-state index contributed by atoms with van der Waals surface area (Å²) in [4.78, 5) is 7.59. The largest absolute Gasteiger partial charge is 0.309 e. The van der Waals surface area contributed by atoms with E-state index in [1.807, 2.05) is 0 Å². The number of rotatable bonds is 4. The Hall–Kier alpha value is -1.94. The van der Waals surface area contributed by atoms with E-state index in [1.54, 1.807) is 0 Å². The molecule has 1 unspecified atom stereocenters. The highest BCUT2D eigenvalue weighted by Gasteiger charge is 2.27. The summed E-state index contributed by atoms with van der Waals surface area (Å²) in [5.74, 6) is 0. The van der Waals surface area contributed by atoms with Gasteiger partial charge in [-0.2, -0.15) is 0 Å². The van der Waals surface area contributed by atoms with E-state index >= 15 is 0 Å². The molecule has 0 bridgehead atoms. The van der Waals surface area contributed by atoms with Crippen LogP contribution in [0.1, 0.15) is 52.1 Å². The molecule has 2 heterocycles. The zero-order valence-electron chi connectivity index (χ0n) is 18.6. The minimum absolute atomic E-state index is 0. The van der Waals surface area contributed by atoms with Crippen molar-refractivity contribution in [2.45, 2.75) is 58.2 Å². The van der Waals surface area contributed by atoms with Crippen LogP contribution >= 0.6 is 12.4 Å². The standard InChI is InChI=1S/C26H33N3.ClH/c1-19(29-16-14-21(15-17-29)28-26(2,3)4)23-18-25(20-10-6-5-7-11-20)27-24-13-9-8-12-22(23)24;/h5-13,18-19,21,28H,14-17H2,1-4H3;1H. The Morgan fingerprint density at radius 1 is 0.967 bits per heavy atom. The lowest BCUT2D eigenvalue weighted by atomic mass is 9.95. The Balaban J connectivity index is 0.00000256. The molecule has 0 saturated carbocycles. The second kappa shape index (κ2) is 9.47. The number of hydrogen-bond acceptors (Lipinski definition) is 3. The van der Waals surface area contributed by atoms with Crippen LogP contribution in [0.15, 0.2) is 60.7 Å². The quantitative estimate of drug-likeness (QED) is 0.538. The molecule has 0 radical (unpaired) electrons. The van der Waals surface area contributed by atoms with Gasteiger partial charge in [-0.1, -0.05) is 48.5 Å². The van der Waals surface area contributed by atoms with E-state index in [9.17, 15) is 0 Å². The van der Waals surface area contributed by atoms with Crippen molar-refractivity contribution in [1.29, 1.82) is 0 Å². The molecule has 160 valence electrons. The fraction of sp³-hybridized carbons (Fsp3) is 0.423. The second-order valence-corrected chi connectivity index (χ2v) is 9.36. The van der Waals surface area contributed by atoms with Gasteiger partial charge in [0.2, 0.25) is 0 Å². The number of aromatic nitrogens is 1. The second-order valence-electron chi connectivity index (χ2n) is 9.36. The number of pyridine rings is 1. The lowest BCUT2D eigenvalue weighted by Gasteiger charge is -2.39. The van der Waals surface area contributed by atoms with Crippen LogP contribution in [0.2, 0.25) is 0 Å². The maximum absolute atomic E-state index is 4.96. The SMILES string of the molecule is CC(c1cc(-c2ccccc2)nc2ccccc12)N1CCC(NC(C)(C)C)CC1.Cl. The number of fused-ring (bicyclic) bond motifs is 1. The van der Waals surface area contributed by atoms with E-state index in [0.717, 1.165) is 24.3 Å². The molecule has 1 aliphatic rings. The van der Waals surface area contributed by atoms with Crippen molar-refractivity contribution in [2.24, 2.45) is 0 Å². The lowest BCUT2D eigenvalue weighted by Crippen LogP contribution is -2.49. The van der Waals surface area contributed by atoms with E-state index in [0.29, 0.717) is 12.1 Å². The lowest BCUT2D eigenvalue weighted by molar-refractivity contribution is 0.143. The Morgan fingerprint density at radius 3 is 2.27 bits per heavy atom. The predicted octanol–water partition coefficient (Wildman–Crippen LogP) is 6.24. The van der Waals surface area contributed by atoms with Crippen molar-refractivity contribution in [3.8, 4) is 11.3 Å². The number of hydrogen-bond donors (Lipinski definition) is 1. The molecule has 3 aromatic rings. The zero-order valence-corrected chi connectivity index (χ0v) is 19.4. The molecule has 4 heteroatoms. The average Bonchev–Trinajstić information content (AvgIpc) is 2.72. The molecule has 30 heavy (non-hydrogen) atoms. The van der Waals surface area contributed by atoms with Gasteiger partial charge in [0.15, 0.2) is 0 Å². The van der Waals surface area contributed by atoms with Gasteiger partial charge >= 0.3 is 0 Å². The highest BCUT2D eigenvalue weighted by molar-refractivity contribution is 5.86. The van der Waals surface area contributed by atoms with E-state index in [-0.39, 0.29) is 17.9 Å². The maximum Gasteiger partial charge on any atom is 0.0713 e. The van der Waals surface area contributed by atoms with Crippen molar-refractivity contribution in [3.05, 3.63) is 66.2 Å². The summed E-state index contributed by atoms with van der Waals surface area (Å²) in [5.41, 5.74) is 4.90. The molecule has 1 fully saturated rings. The minimum atomic E-state index is 0. The van der Waals surface area contributed by atoms with E-state index < -0.39 is 0 Å². The third-order valence-corrected chi connectivity index (χ3v) is 5.98. The number of para-hydroxylation sites is 1. The molecule has 3 nitrogen and oxygen atoms in total. The van der Waals surface area contributed by atoms with Crippen LogP contribution in [0.3, 0.4) is 0 Å². The normalized spacial score (nSPS) is 16.9. The summed E-state index contributed by atoms with van der Waals surface area (Å²) in [6.07, 6.45) is 2.41. The van der Waals surface area contributed by atoms with Gasteiger partial charge in [0.25, 0.3) is 0 Å². The summed E-state index contributed by atoms with van der Waals surface area (Å²) < 4.78 is 0. The number of nitrogens with one attached hydrogen (secondary N) is 1. The molecule has 0 spiro atoms. The number of piperidine rings is 1. The van der Waals surface area contributed by atoms with Crippen LogP contribution in [0, 0.1) is 0 Å². The van der Waals surface area contributed by atoms with E-state index in [4.69, 9.17) is 4.98 Å². The van der Waals surface area contributed by atoms with Crippen LogP contribution < -0.4 is 5.32 Å². The number of halogens is 1. The number of likely N-dealkylation sites (tertiary alicyclic amines) is 1. The molecule has 4 rings (SSSR count). The molecular weight excluding hydrogens is 390 g/mol. The van der Waals surface area contributed by atoms with E-state index in [2.05, 4.69) is 98.6 Å². The third kappa shape index (κ3) is 5.21. The van der Waals surface area contributed by atoms with Crippen molar-refractivity contribution < 1.29 is 0 Å². The first kappa shape index (κ1) is 22.7. The fourth-order valence-electron chi connectivity index (χ4n) is 4.54. The van der Waals surface area contributed by atoms with Crippen molar-refractivity contribution >= 4 is 23.3 Å². The van der Waals surface area contributed by atoms with Crippen LogP contribution in [0.5, 0.6) is 0 Å². The maximum atomic E-state index is 4.96. The fourth-order valence-corrected chi connectivity index (χ4v) is 4.54. The molecule has 1 atom stereocenters. The van der Waals surface area contributed by atoms with Crippen molar-refractivity contribution in [3.63, 3.8) is 0 Å². The van der Waals surface area contributed by atoms with Crippen LogP contribution in [-0.2, 0) is 0 Å². The summed E-state index contributed by atoms with van der Waals surface area (Å²) in [7, 11) is 0. The van der Waals surface area contributed by atoms with Crippen molar-refractivity contribution in [1.82, 2.24) is 15.2 Å². The molecule has 0 amide bonds. The van der Waals surface area contributed by atoms with Gasteiger partial charge in [0, 0.05) is 41.7 Å². The van der Waals surface area contributed by atoms with Crippen LogP contribution in [-0.4, -0.2) is 34.6 Å². The molecule has 1 aromatic heterocycles. The van der Waals surface area contributed by atoms with Gasteiger partial charge in [-0.15, -0.1) is 12.4 Å². The molecule has 1 N–H and O–H groups in total. The number of benzene rings is 2. The molecule has 1 saturated heterocycles. The molecule has 2 aromatic carbocycles. The smallest absolute Gasteiger partial charge is 0.0713 e. The first-order valence-corrected chi connectivity index (χ1v) is 10.9. The summed E-state index contributed by atoms with van der Waals surface area (Å²) in [6.45, 7) is 11.4. The van der Waals surface area contributed by atoms with Gasteiger partial charge in [0.1, 0.15) is 0 Å². The Bertz CT molecular complexity index is 957. The van der Waals surface area contributed by atoms with Gasteiger partial charge in [0.05, 0.1) is 11.2 Å². The van der Waals surface area contributed by atoms with Gasteiger partial charge < -0.3 is 5.32 Å². The van der Waals surface area contributed by atoms with Gasteiger partial charge in [-0.3, -0.25) is 4.90 Å². The van der Waals surface area contributed by atoms with Gasteiger partial charge in [-0.05, 0) is 58.2 Å². The zero-order chi connectivity index (χ0) is 20.4. The highest BCUT2D eigenvalue weighted by atomic mass is 35.5. The topological polar surface area (TPSA) is 28.2 Å². The summed E-state index contributed by atoms with van der Waals surface area (Å²) >= 11 is 0. The van der Waals surface area contributed by atoms with Crippen LogP contribution in [0.4, 0.5) is 0 Å². The predicted molar refractivity (Wildman–Crippen MR) is 130 cm³/mol. The molecular formula is C26H34ClN3. The number of nitrogens with zero attached hydrogens (tertiary/aromatic N) is 2. The average molecular weight is 424 g/mol. The van der Waals surface area contributed by atoms with E-state index in [1.165, 1.54) is 29.4 Å². The third-order valence-electron chi connectivity index (χ3n) is 5.98. The Kier molecular flexibility index (Phi) is 7.18. The molecule has 1 aliphatic heterocycles.